The number of anilines is 1. The van der Waals surface area contributed by atoms with Crippen LogP contribution in [0.2, 0.25) is 0 Å². The summed E-state index contributed by atoms with van der Waals surface area (Å²) in [5, 5.41) is 17.5. The molecule has 0 aromatic carbocycles. The molecule has 1 saturated heterocycles. The molecule has 1 amide bonds. The smallest absolute Gasteiger partial charge is 0.271 e. The molecule has 0 saturated carbocycles. The van der Waals surface area contributed by atoms with E-state index in [1.54, 1.807) is 30.1 Å². The zero-order valence-electron chi connectivity index (χ0n) is 13.4. The predicted octanol–water partition coefficient (Wildman–Crippen LogP) is 0.715. The number of aryl methyl sites for hydroxylation is 1. The molecule has 2 N–H and O–H groups in total. The molecular formula is C16H20FN5O2. The maximum atomic E-state index is 13.0. The van der Waals surface area contributed by atoms with E-state index in [2.05, 4.69) is 15.4 Å². The van der Waals surface area contributed by atoms with Crippen molar-refractivity contribution < 1.29 is 14.3 Å². The fourth-order valence-electron chi connectivity index (χ4n) is 2.88. The molecule has 3 rings (SSSR count). The minimum atomic E-state index is -1.06. The van der Waals surface area contributed by atoms with E-state index in [0.29, 0.717) is 24.5 Å². The molecule has 1 aliphatic rings. The molecule has 0 aliphatic carbocycles. The second-order valence-corrected chi connectivity index (χ2v) is 6.14. The molecule has 1 atom stereocenters. The molecular weight excluding hydrogens is 313 g/mol. The second kappa shape index (κ2) is 6.56. The molecule has 1 fully saturated rings. The number of pyridine rings is 1. The molecule has 3 heterocycles. The molecule has 7 nitrogen and oxygen atoms in total. The number of aliphatic hydroxyl groups is 1. The van der Waals surface area contributed by atoms with Crippen molar-refractivity contribution >= 4 is 11.7 Å². The van der Waals surface area contributed by atoms with Gasteiger partial charge in [-0.05, 0) is 31.0 Å². The molecule has 0 bridgehead atoms. The SMILES string of the molecule is Cn1ccc(C(=O)NC[C@]2(O)CCCN(c3ccc(F)cn3)C2)n1. The van der Waals surface area contributed by atoms with Gasteiger partial charge in [0.1, 0.15) is 17.3 Å². The van der Waals surface area contributed by atoms with Crippen LogP contribution in [0.25, 0.3) is 0 Å². The Hall–Kier alpha value is -2.48. The fourth-order valence-corrected chi connectivity index (χ4v) is 2.88. The van der Waals surface area contributed by atoms with Crippen LogP contribution in [0, 0.1) is 5.82 Å². The lowest BCUT2D eigenvalue weighted by atomic mass is 9.92. The summed E-state index contributed by atoms with van der Waals surface area (Å²) in [7, 11) is 1.74. The van der Waals surface area contributed by atoms with E-state index in [1.165, 1.54) is 6.07 Å². The molecule has 1 aliphatic heterocycles. The van der Waals surface area contributed by atoms with Crippen molar-refractivity contribution in [1.82, 2.24) is 20.1 Å². The third kappa shape index (κ3) is 3.70. The number of carbonyl (C=O) groups excluding carboxylic acids is 1. The van der Waals surface area contributed by atoms with Crippen LogP contribution in [0.5, 0.6) is 0 Å². The van der Waals surface area contributed by atoms with Crippen LogP contribution in [0.15, 0.2) is 30.6 Å². The Bertz CT molecular complexity index is 718. The normalized spacial score (nSPS) is 20.9. The lowest BCUT2D eigenvalue weighted by Gasteiger charge is -2.39. The first-order chi connectivity index (χ1) is 11.5. The van der Waals surface area contributed by atoms with Gasteiger partial charge in [0.2, 0.25) is 0 Å². The molecule has 0 unspecified atom stereocenters. The quantitative estimate of drug-likeness (QED) is 0.861. The lowest BCUT2D eigenvalue weighted by Crippen LogP contribution is -2.54. The fraction of sp³-hybridized carbons (Fsp3) is 0.438. The first-order valence-electron chi connectivity index (χ1n) is 7.82. The highest BCUT2D eigenvalue weighted by atomic mass is 19.1. The summed E-state index contributed by atoms with van der Waals surface area (Å²) in [6.07, 6.45) is 4.18. The summed E-state index contributed by atoms with van der Waals surface area (Å²) in [6.45, 7) is 1.18. The van der Waals surface area contributed by atoms with E-state index >= 15 is 0 Å². The average molecular weight is 333 g/mol. The monoisotopic (exact) mass is 333 g/mol. The Kier molecular flexibility index (Phi) is 4.48. The zero-order valence-corrected chi connectivity index (χ0v) is 13.4. The van der Waals surface area contributed by atoms with Gasteiger partial charge in [-0.15, -0.1) is 0 Å². The molecule has 2 aromatic rings. The number of β-amino-alcohol motifs (C(OH)–C–C–N with tert-alkyl or cyclic N) is 1. The number of hydrogen-bond acceptors (Lipinski definition) is 5. The highest BCUT2D eigenvalue weighted by Crippen LogP contribution is 2.24. The van der Waals surface area contributed by atoms with Crippen molar-refractivity contribution in [2.45, 2.75) is 18.4 Å². The highest BCUT2D eigenvalue weighted by Gasteiger charge is 2.34. The summed E-state index contributed by atoms with van der Waals surface area (Å²) < 4.78 is 14.5. The second-order valence-electron chi connectivity index (χ2n) is 6.14. The topological polar surface area (TPSA) is 83.3 Å². The van der Waals surface area contributed by atoms with Gasteiger partial charge >= 0.3 is 0 Å². The van der Waals surface area contributed by atoms with Crippen molar-refractivity contribution in [2.24, 2.45) is 7.05 Å². The Morgan fingerprint density at radius 3 is 2.96 bits per heavy atom. The van der Waals surface area contributed by atoms with Gasteiger partial charge < -0.3 is 15.3 Å². The van der Waals surface area contributed by atoms with E-state index < -0.39 is 11.4 Å². The van der Waals surface area contributed by atoms with Crippen LogP contribution < -0.4 is 10.2 Å². The van der Waals surface area contributed by atoms with Crippen LogP contribution >= 0.6 is 0 Å². The molecule has 8 heteroatoms. The van der Waals surface area contributed by atoms with Gasteiger partial charge in [0, 0.05) is 32.9 Å². The summed E-state index contributed by atoms with van der Waals surface area (Å²) >= 11 is 0. The number of carbonyl (C=O) groups is 1. The van der Waals surface area contributed by atoms with Gasteiger partial charge in [-0.2, -0.15) is 5.10 Å². The zero-order chi connectivity index (χ0) is 17.2. The van der Waals surface area contributed by atoms with E-state index in [9.17, 15) is 14.3 Å². The Morgan fingerprint density at radius 2 is 2.29 bits per heavy atom. The molecule has 128 valence electrons. The van der Waals surface area contributed by atoms with Crippen molar-refractivity contribution in [3.8, 4) is 0 Å². The summed E-state index contributed by atoms with van der Waals surface area (Å²) in [5.74, 6) is -0.0970. The number of hydrogen-bond donors (Lipinski definition) is 2. The largest absolute Gasteiger partial charge is 0.386 e. The van der Waals surface area contributed by atoms with Crippen molar-refractivity contribution in [3.63, 3.8) is 0 Å². The summed E-state index contributed by atoms with van der Waals surface area (Å²) in [5.41, 5.74) is -0.743. The van der Waals surface area contributed by atoms with E-state index in [4.69, 9.17) is 0 Å². The third-order valence-corrected chi connectivity index (χ3v) is 4.12. The van der Waals surface area contributed by atoms with E-state index in [-0.39, 0.29) is 12.5 Å². The van der Waals surface area contributed by atoms with Gasteiger partial charge in [-0.3, -0.25) is 9.48 Å². The van der Waals surface area contributed by atoms with Crippen molar-refractivity contribution in [3.05, 3.63) is 42.1 Å². The molecule has 0 spiro atoms. The van der Waals surface area contributed by atoms with E-state index in [1.807, 2.05) is 4.90 Å². The van der Waals surface area contributed by atoms with E-state index in [0.717, 1.165) is 19.2 Å². The minimum absolute atomic E-state index is 0.125. The Balaban J connectivity index is 1.62. The maximum Gasteiger partial charge on any atom is 0.271 e. The third-order valence-electron chi connectivity index (χ3n) is 4.12. The van der Waals surface area contributed by atoms with Crippen LogP contribution in [-0.4, -0.2) is 51.0 Å². The standard InChI is InChI=1S/C16H20FN5O2/c1-21-8-5-13(20-21)15(23)19-10-16(24)6-2-7-22(11-16)14-4-3-12(17)9-18-14/h3-5,8-9,24H,2,6-7,10-11H2,1H3,(H,19,23)/t16-/m1/s1. The average Bonchev–Trinajstić information content (AvgIpc) is 3.00. The van der Waals surface area contributed by atoms with Crippen LogP contribution in [0.4, 0.5) is 10.2 Å². The van der Waals surface area contributed by atoms with Crippen molar-refractivity contribution in [1.29, 1.82) is 0 Å². The van der Waals surface area contributed by atoms with Gasteiger partial charge in [0.25, 0.3) is 5.91 Å². The Morgan fingerprint density at radius 1 is 1.46 bits per heavy atom. The minimum Gasteiger partial charge on any atom is -0.386 e. The number of nitrogens with zero attached hydrogens (tertiary/aromatic N) is 4. The highest BCUT2D eigenvalue weighted by molar-refractivity contribution is 5.92. The van der Waals surface area contributed by atoms with Gasteiger partial charge in [-0.25, -0.2) is 9.37 Å². The Labute approximate surface area is 139 Å². The van der Waals surface area contributed by atoms with Crippen LogP contribution in [-0.2, 0) is 7.05 Å². The van der Waals surface area contributed by atoms with Crippen LogP contribution in [0.1, 0.15) is 23.3 Å². The first-order valence-corrected chi connectivity index (χ1v) is 7.82. The van der Waals surface area contributed by atoms with Crippen molar-refractivity contribution in [2.75, 3.05) is 24.5 Å². The summed E-state index contributed by atoms with van der Waals surface area (Å²) in [6, 6.07) is 4.56. The maximum absolute atomic E-state index is 13.0. The van der Waals surface area contributed by atoms with Crippen LogP contribution in [0.3, 0.4) is 0 Å². The van der Waals surface area contributed by atoms with Gasteiger partial charge in [0.15, 0.2) is 0 Å². The number of halogens is 1. The van der Waals surface area contributed by atoms with Gasteiger partial charge in [0.05, 0.1) is 11.8 Å². The number of piperidine rings is 1. The first kappa shape index (κ1) is 16.4. The number of nitrogens with one attached hydrogen (secondary N) is 1. The lowest BCUT2D eigenvalue weighted by molar-refractivity contribution is 0.0253. The summed E-state index contributed by atoms with van der Waals surface area (Å²) in [4.78, 5) is 18.0. The molecule has 24 heavy (non-hydrogen) atoms. The van der Waals surface area contributed by atoms with Gasteiger partial charge in [-0.1, -0.05) is 0 Å². The number of rotatable bonds is 4. The molecule has 2 aromatic heterocycles. The predicted molar refractivity (Wildman–Crippen MR) is 86.1 cm³/mol. The number of aromatic nitrogens is 3. The number of amides is 1. The molecule has 0 radical (unpaired) electrons.